The summed E-state index contributed by atoms with van der Waals surface area (Å²) in [7, 11) is 0. The lowest BCUT2D eigenvalue weighted by Crippen LogP contribution is -2.35. The molecule has 0 amide bonds. The standard InChI is InChI=1S/C15H23N3O2/c1-2-17(12-14-7-9-16-10-8-14)11-13-3-5-15(6-4-13)18(19)20/h3-6,14,16H,2,7-12H2,1H3. The molecule has 0 atom stereocenters. The second-order valence-electron chi connectivity index (χ2n) is 5.44. The zero-order valence-corrected chi connectivity index (χ0v) is 12.0. The van der Waals surface area contributed by atoms with Gasteiger partial charge in [-0.1, -0.05) is 19.1 Å². The van der Waals surface area contributed by atoms with Crippen LogP contribution in [0.15, 0.2) is 24.3 Å². The predicted molar refractivity (Wildman–Crippen MR) is 79.6 cm³/mol. The summed E-state index contributed by atoms with van der Waals surface area (Å²) in [5.41, 5.74) is 1.31. The normalized spacial score (nSPS) is 16.5. The van der Waals surface area contributed by atoms with Crippen molar-refractivity contribution in [1.29, 1.82) is 0 Å². The van der Waals surface area contributed by atoms with Crippen LogP contribution in [0.1, 0.15) is 25.3 Å². The zero-order valence-electron chi connectivity index (χ0n) is 12.0. The molecule has 0 bridgehead atoms. The van der Waals surface area contributed by atoms with Gasteiger partial charge in [0.1, 0.15) is 0 Å². The molecule has 1 aromatic carbocycles. The average molecular weight is 277 g/mol. The van der Waals surface area contributed by atoms with E-state index in [1.165, 1.54) is 12.8 Å². The third-order valence-electron chi connectivity index (χ3n) is 3.98. The molecule has 0 aromatic heterocycles. The Kier molecular flexibility index (Phi) is 5.49. The summed E-state index contributed by atoms with van der Waals surface area (Å²) >= 11 is 0. The number of rotatable bonds is 6. The molecule has 2 rings (SSSR count). The Balaban J connectivity index is 1.89. The first-order valence-electron chi connectivity index (χ1n) is 7.35. The second-order valence-corrected chi connectivity index (χ2v) is 5.44. The average Bonchev–Trinajstić information content (AvgIpc) is 2.48. The fourth-order valence-electron chi connectivity index (χ4n) is 2.72. The maximum Gasteiger partial charge on any atom is 0.269 e. The zero-order chi connectivity index (χ0) is 14.4. The van der Waals surface area contributed by atoms with Crippen molar-refractivity contribution >= 4 is 5.69 Å². The van der Waals surface area contributed by atoms with Gasteiger partial charge in [-0.15, -0.1) is 0 Å². The van der Waals surface area contributed by atoms with E-state index in [1.807, 2.05) is 12.1 Å². The second kappa shape index (κ2) is 7.36. The Bertz CT molecular complexity index is 427. The number of non-ortho nitro benzene ring substituents is 1. The van der Waals surface area contributed by atoms with Gasteiger partial charge in [0.25, 0.3) is 5.69 Å². The summed E-state index contributed by atoms with van der Waals surface area (Å²) < 4.78 is 0. The van der Waals surface area contributed by atoms with Gasteiger partial charge in [0.2, 0.25) is 0 Å². The molecule has 1 aliphatic heterocycles. The van der Waals surface area contributed by atoms with Gasteiger partial charge < -0.3 is 5.32 Å². The van der Waals surface area contributed by atoms with Gasteiger partial charge in [0, 0.05) is 25.2 Å². The highest BCUT2D eigenvalue weighted by molar-refractivity contribution is 5.32. The molecule has 0 spiro atoms. The highest BCUT2D eigenvalue weighted by Gasteiger charge is 2.16. The molecule has 20 heavy (non-hydrogen) atoms. The van der Waals surface area contributed by atoms with E-state index in [9.17, 15) is 10.1 Å². The first-order chi connectivity index (χ1) is 9.69. The summed E-state index contributed by atoms with van der Waals surface area (Å²) in [6, 6.07) is 6.91. The fourth-order valence-corrected chi connectivity index (χ4v) is 2.72. The Labute approximate surface area is 120 Å². The summed E-state index contributed by atoms with van der Waals surface area (Å²) in [6.07, 6.45) is 2.49. The van der Waals surface area contributed by atoms with Crippen LogP contribution in [0.2, 0.25) is 0 Å². The molecular weight excluding hydrogens is 254 g/mol. The number of nitro benzene ring substituents is 1. The van der Waals surface area contributed by atoms with Crippen molar-refractivity contribution < 1.29 is 4.92 Å². The van der Waals surface area contributed by atoms with Gasteiger partial charge >= 0.3 is 0 Å². The van der Waals surface area contributed by atoms with Crippen LogP contribution >= 0.6 is 0 Å². The van der Waals surface area contributed by atoms with E-state index in [4.69, 9.17) is 0 Å². The lowest BCUT2D eigenvalue weighted by Gasteiger charge is -2.29. The number of hydrogen-bond donors (Lipinski definition) is 1. The fraction of sp³-hybridized carbons (Fsp3) is 0.600. The van der Waals surface area contributed by atoms with Gasteiger partial charge in [-0.2, -0.15) is 0 Å². The topological polar surface area (TPSA) is 58.4 Å². The number of piperidine rings is 1. The monoisotopic (exact) mass is 277 g/mol. The van der Waals surface area contributed by atoms with Crippen molar-refractivity contribution in [2.45, 2.75) is 26.3 Å². The largest absolute Gasteiger partial charge is 0.317 e. The molecule has 1 fully saturated rings. The summed E-state index contributed by atoms with van der Waals surface area (Å²) in [5.74, 6) is 0.772. The van der Waals surface area contributed by atoms with E-state index in [0.29, 0.717) is 0 Å². The molecule has 1 heterocycles. The van der Waals surface area contributed by atoms with E-state index in [2.05, 4.69) is 17.1 Å². The van der Waals surface area contributed by atoms with Crippen LogP contribution in [0.5, 0.6) is 0 Å². The van der Waals surface area contributed by atoms with Crippen molar-refractivity contribution in [1.82, 2.24) is 10.2 Å². The highest BCUT2D eigenvalue weighted by atomic mass is 16.6. The molecule has 5 nitrogen and oxygen atoms in total. The van der Waals surface area contributed by atoms with E-state index in [1.54, 1.807) is 12.1 Å². The van der Waals surface area contributed by atoms with Crippen molar-refractivity contribution in [3.63, 3.8) is 0 Å². The molecule has 5 heteroatoms. The maximum absolute atomic E-state index is 10.6. The van der Waals surface area contributed by atoms with Crippen molar-refractivity contribution in [3.05, 3.63) is 39.9 Å². The molecule has 0 saturated carbocycles. The van der Waals surface area contributed by atoms with Gasteiger partial charge in [0.15, 0.2) is 0 Å². The van der Waals surface area contributed by atoms with E-state index >= 15 is 0 Å². The lowest BCUT2D eigenvalue weighted by molar-refractivity contribution is -0.384. The number of nitrogens with zero attached hydrogens (tertiary/aromatic N) is 2. The minimum Gasteiger partial charge on any atom is -0.317 e. The molecule has 0 unspecified atom stereocenters. The summed E-state index contributed by atoms with van der Waals surface area (Å²) in [6.45, 7) is 7.43. The molecule has 1 saturated heterocycles. The smallest absolute Gasteiger partial charge is 0.269 e. The van der Waals surface area contributed by atoms with E-state index in [-0.39, 0.29) is 10.6 Å². The Morgan fingerprint density at radius 1 is 1.30 bits per heavy atom. The number of nitrogens with one attached hydrogen (secondary N) is 1. The van der Waals surface area contributed by atoms with Gasteiger partial charge in [-0.25, -0.2) is 0 Å². The number of benzene rings is 1. The van der Waals surface area contributed by atoms with E-state index in [0.717, 1.165) is 44.2 Å². The number of nitro groups is 1. The van der Waals surface area contributed by atoms with Crippen LogP contribution in [0.25, 0.3) is 0 Å². The van der Waals surface area contributed by atoms with Crippen molar-refractivity contribution in [3.8, 4) is 0 Å². The van der Waals surface area contributed by atoms with Crippen LogP contribution in [-0.2, 0) is 6.54 Å². The Morgan fingerprint density at radius 2 is 1.95 bits per heavy atom. The molecule has 1 aromatic rings. The van der Waals surface area contributed by atoms with Gasteiger partial charge in [-0.05, 0) is 44.0 Å². The Morgan fingerprint density at radius 3 is 2.50 bits per heavy atom. The van der Waals surface area contributed by atoms with Crippen LogP contribution in [-0.4, -0.2) is 36.0 Å². The van der Waals surface area contributed by atoms with Crippen LogP contribution in [0.3, 0.4) is 0 Å². The van der Waals surface area contributed by atoms with Crippen LogP contribution in [0, 0.1) is 16.0 Å². The van der Waals surface area contributed by atoms with Crippen molar-refractivity contribution in [2.75, 3.05) is 26.2 Å². The first kappa shape index (κ1) is 14.9. The molecule has 110 valence electrons. The minimum absolute atomic E-state index is 0.162. The lowest BCUT2D eigenvalue weighted by atomic mass is 9.97. The molecule has 0 aliphatic carbocycles. The van der Waals surface area contributed by atoms with Crippen molar-refractivity contribution in [2.24, 2.45) is 5.92 Å². The SMILES string of the molecule is CCN(Cc1ccc([N+](=O)[O-])cc1)CC1CCNCC1. The summed E-state index contributed by atoms with van der Waals surface area (Å²) in [5, 5.41) is 14.0. The van der Waals surface area contributed by atoms with E-state index < -0.39 is 0 Å². The highest BCUT2D eigenvalue weighted by Crippen LogP contribution is 2.17. The van der Waals surface area contributed by atoms with Crippen LogP contribution < -0.4 is 5.32 Å². The number of hydrogen-bond acceptors (Lipinski definition) is 4. The maximum atomic E-state index is 10.6. The predicted octanol–water partition coefficient (Wildman–Crippen LogP) is 2.42. The third kappa shape index (κ3) is 4.28. The molecule has 0 radical (unpaired) electrons. The molecule has 1 aliphatic rings. The van der Waals surface area contributed by atoms with Gasteiger partial charge in [-0.3, -0.25) is 15.0 Å². The third-order valence-corrected chi connectivity index (χ3v) is 3.98. The van der Waals surface area contributed by atoms with Crippen LogP contribution in [0.4, 0.5) is 5.69 Å². The molecular formula is C15H23N3O2. The Hall–Kier alpha value is -1.46. The molecule has 1 N–H and O–H groups in total. The first-order valence-corrected chi connectivity index (χ1v) is 7.35. The minimum atomic E-state index is -0.351. The summed E-state index contributed by atoms with van der Waals surface area (Å²) in [4.78, 5) is 12.7. The quantitative estimate of drug-likeness (QED) is 0.641. The van der Waals surface area contributed by atoms with Gasteiger partial charge in [0.05, 0.1) is 4.92 Å².